The first-order valence-electron chi connectivity index (χ1n) is 9.56. The number of fused-ring (bicyclic) bond motifs is 1. The molecule has 2 N–H and O–H groups in total. The molecule has 0 aliphatic carbocycles. The summed E-state index contributed by atoms with van der Waals surface area (Å²) in [7, 11) is 1.60. The van der Waals surface area contributed by atoms with E-state index in [0.717, 1.165) is 25.1 Å². The summed E-state index contributed by atoms with van der Waals surface area (Å²) < 4.78 is 0. The highest BCUT2D eigenvalue weighted by Gasteiger charge is 2.18. The van der Waals surface area contributed by atoms with Crippen LogP contribution in [0.3, 0.4) is 0 Å². The molecule has 1 aliphatic heterocycles. The van der Waals surface area contributed by atoms with E-state index in [1.165, 1.54) is 21.7 Å². The number of urea groups is 1. The second kappa shape index (κ2) is 8.78. The molecule has 0 aromatic heterocycles. The van der Waals surface area contributed by atoms with E-state index in [2.05, 4.69) is 46.6 Å². The molecule has 0 saturated carbocycles. The maximum atomic E-state index is 12.1. The van der Waals surface area contributed by atoms with Crippen molar-refractivity contribution in [1.29, 1.82) is 0 Å². The van der Waals surface area contributed by atoms with Crippen LogP contribution < -0.4 is 10.2 Å². The van der Waals surface area contributed by atoms with Crippen LogP contribution in [0.15, 0.2) is 48.5 Å². The van der Waals surface area contributed by atoms with Gasteiger partial charge in [0, 0.05) is 38.9 Å². The van der Waals surface area contributed by atoms with Crippen molar-refractivity contribution in [2.24, 2.45) is 5.92 Å². The first-order chi connectivity index (χ1) is 13.4. The molecule has 2 aromatic carbocycles. The van der Waals surface area contributed by atoms with Gasteiger partial charge in [-0.2, -0.15) is 0 Å². The molecule has 3 rings (SSSR count). The van der Waals surface area contributed by atoms with Gasteiger partial charge >= 0.3 is 12.0 Å². The van der Waals surface area contributed by atoms with Crippen LogP contribution in [-0.4, -0.2) is 42.1 Å². The number of aliphatic carboxylic acids is 1. The average molecular weight is 381 g/mol. The average Bonchev–Trinajstić information content (AvgIpc) is 3.10. The highest BCUT2D eigenvalue weighted by molar-refractivity contribution is 5.75. The van der Waals surface area contributed by atoms with Gasteiger partial charge in [0.15, 0.2) is 0 Å². The number of hydrogen-bond acceptors (Lipinski definition) is 3. The summed E-state index contributed by atoms with van der Waals surface area (Å²) in [5.74, 6) is -1.50. The summed E-state index contributed by atoms with van der Waals surface area (Å²) in [6.07, 6.45) is 1.09. The number of anilines is 1. The topological polar surface area (TPSA) is 72.9 Å². The largest absolute Gasteiger partial charge is 0.481 e. The maximum Gasteiger partial charge on any atom is 0.317 e. The molecule has 2 amide bonds. The number of para-hydroxylation sites is 1. The highest BCUT2D eigenvalue weighted by Crippen LogP contribution is 2.28. The van der Waals surface area contributed by atoms with Gasteiger partial charge in [0.25, 0.3) is 0 Å². The monoisotopic (exact) mass is 381 g/mol. The number of carbonyl (C=O) groups is 2. The van der Waals surface area contributed by atoms with Crippen molar-refractivity contribution in [3.63, 3.8) is 0 Å². The maximum absolute atomic E-state index is 12.1. The molecule has 0 saturated heterocycles. The standard InChI is InChI=1S/C22H27N3O3/c1-16(21(26)27)14-24(2)22(28)23-13-17-7-9-18(10-8-17)15-25-12-11-19-5-3-4-6-20(19)25/h3-10,16H,11-15H2,1-2H3,(H,23,28)(H,26,27). The number of nitrogens with one attached hydrogen (secondary N) is 1. The van der Waals surface area contributed by atoms with Gasteiger partial charge in [-0.25, -0.2) is 4.79 Å². The number of carbonyl (C=O) groups excluding carboxylic acids is 1. The van der Waals surface area contributed by atoms with Gasteiger partial charge in [-0.3, -0.25) is 4.79 Å². The Labute approximate surface area is 165 Å². The van der Waals surface area contributed by atoms with Crippen molar-refractivity contribution in [3.8, 4) is 0 Å². The van der Waals surface area contributed by atoms with Crippen LogP contribution in [0.1, 0.15) is 23.6 Å². The molecule has 0 radical (unpaired) electrons. The van der Waals surface area contributed by atoms with Gasteiger partial charge in [0.2, 0.25) is 0 Å². The smallest absolute Gasteiger partial charge is 0.317 e. The number of carboxylic acid groups (broad SMARTS) is 1. The molecule has 0 spiro atoms. The molecule has 2 aromatic rings. The Kier molecular flexibility index (Phi) is 6.19. The van der Waals surface area contributed by atoms with E-state index in [9.17, 15) is 9.59 Å². The third kappa shape index (κ3) is 4.82. The summed E-state index contributed by atoms with van der Waals surface area (Å²) in [4.78, 5) is 26.8. The highest BCUT2D eigenvalue weighted by atomic mass is 16.4. The molecule has 1 aliphatic rings. The van der Waals surface area contributed by atoms with Crippen molar-refractivity contribution in [2.75, 3.05) is 25.0 Å². The summed E-state index contributed by atoms with van der Waals surface area (Å²) >= 11 is 0. The predicted molar refractivity (Wildman–Crippen MR) is 109 cm³/mol. The molecule has 1 atom stereocenters. The lowest BCUT2D eigenvalue weighted by Gasteiger charge is -2.20. The predicted octanol–water partition coefficient (Wildman–Crippen LogP) is 3.11. The Bertz CT molecular complexity index is 835. The molecule has 0 fully saturated rings. The minimum Gasteiger partial charge on any atom is -0.481 e. The van der Waals surface area contributed by atoms with E-state index < -0.39 is 11.9 Å². The van der Waals surface area contributed by atoms with E-state index in [1.807, 2.05) is 12.1 Å². The zero-order chi connectivity index (χ0) is 20.1. The zero-order valence-electron chi connectivity index (χ0n) is 16.4. The van der Waals surface area contributed by atoms with Gasteiger partial charge in [-0.15, -0.1) is 0 Å². The molecule has 28 heavy (non-hydrogen) atoms. The third-order valence-electron chi connectivity index (χ3n) is 5.14. The zero-order valence-corrected chi connectivity index (χ0v) is 16.4. The molecule has 0 bridgehead atoms. The van der Waals surface area contributed by atoms with Crippen molar-refractivity contribution in [3.05, 3.63) is 65.2 Å². The van der Waals surface area contributed by atoms with Gasteiger partial charge in [0.05, 0.1) is 5.92 Å². The van der Waals surface area contributed by atoms with Gasteiger partial charge in [-0.05, 0) is 29.2 Å². The van der Waals surface area contributed by atoms with Crippen molar-refractivity contribution < 1.29 is 14.7 Å². The fraction of sp³-hybridized carbons (Fsp3) is 0.364. The van der Waals surface area contributed by atoms with Crippen LogP contribution >= 0.6 is 0 Å². The minimum atomic E-state index is -0.907. The van der Waals surface area contributed by atoms with E-state index in [1.54, 1.807) is 14.0 Å². The molecule has 6 nitrogen and oxygen atoms in total. The number of amides is 2. The van der Waals surface area contributed by atoms with Crippen molar-refractivity contribution in [2.45, 2.75) is 26.4 Å². The number of hydrogen-bond donors (Lipinski definition) is 2. The lowest BCUT2D eigenvalue weighted by atomic mass is 10.1. The molecule has 148 valence electrons. The van der Waals surface area contributed by atoms with E-state index in [0.29, 0.717) is 6.54 Å². The Morgan fingerprint density at radius 3 is 2.54 bits per heavy atom. The minimum absolute atomic E-state index is 0.178. The normalized spacial score (nSPS) is 13.7. The number of rotatable bonds is 7. The van der Waals surface area contributed by atoms with Gasteiger partial charge < -0.3 is 20.2 Å². The van der Waals surface area contributed by atoms with Crippen LogP contribution in [0.2, 0.25) is 0 Å². The van der Waals surface area contributed by atoms with E-state index >= 15 is 0 Å². The van der Waals surface area contributed by atoms with Gasteiger partial charge in [0.1, 0.15) is 0 Å². The first-order valence-corrected chi connectivity index (χ1v) is 9.56. The lowest BCUT2D eigenvalue weighted by molar-refractivity contribution is -0.141. The van der Waals surface area contributed by atoms with E-state index in [4.69, 9.17) is 5.11 Å². The molecule has 1 unspecified atom stereocenters. The number of carboxylic acids is 1. The lowest BCUT2D eigenvalue weighted by Crippen LogP contribution is -2.40. The van der Waals surface area contributed by atoms with Crippen LogP contribution in [0, 0.1) is 5.92 Å². The summed E-state index contributed by atoms with van der Waals surface area (Å²) in [5.41, 5.74) is 4.97. The van der Waals surface area contributed by atoms with Crippen LogP contribution in [0.4, 0.5) is 10.5 Å². The Morgan fingerprint density at radius 2 is 1.82 bits per heavy atom. The third-order valence-corrected chi connectivity index (χ3v) is 5.14. The quantitative estimate of drug-likeness (QED) is 0.773. The fourth-order valence-electron chi connectivity index (χ4n) is 3.44. The second-order valence-corrected chi connectivity index (χ2v) is 7.40. The Hall–Kier alpha value is -3.02. The molecular weight excluding hydrogens is 354 g/mol. The van der Waals surface area contributed by atoms with Crippen LogP contribution in [0.25, 0.3) is 0 Å². The van der Waals surface area contributed by atoms with Gasteiger partial charge in [-0.1, -0.05) is 49.4 Å². The van der Waals surface area contributed by atoms with Crippen molar-refractivity contribution in [1.82, 2.24) is 10.2 Å². The number of nitrogens with zero attached hydrogens (tertiary/aromatic N) is 2. The summed E-state index contributed by atoms with van der Waals surface area (Å²) in [6, 6.07) is 16.5. The fourth-order valence-corrected chi connectivity index (χ4v) is 3.44. The molecular formula is C22H27N3O3. The van der Waals surface area contributed by atoms with E-state index in [-0.39, 0.29) is 12.6 Å². The van der Waals surface area contributed by atoms with Crippen molar-refractivity contribution >= 4 is 17.7 Å². The van der Waals surface area contributed by atoms with Crippen LogP contribution in [0.5, 0.6) is 0 Å². The SMILES string of the molecule is CC(CN(C)C(=O)NCc1ccc(CN2CCc3ccccc32)cc1)C(=O)O. The Morgan fingerprint density at radius 1 is 1.14 bits per heavy atom. The van der Waals surface area contributed by atoms with Crippen LogP contribution in [-0.2, 0) is 24.3 Å². The Balaban J connectivity index is 1.50. The summed E-state index contributed by atoms with van der Waals surface area (Å²) in [6.45, 7) is 4.09. The molecule has 1 heterocycles. The second-order valence-electron chi connectivity index (χ2n) is 7.40. The summed E-state index contributed by atoms with van der Waals surface area (Å²) in [5, 5.41) is 11.8. The first kappa shape index (κ1) is 19.7. The number of benzene rings is 2. The molecule has 6 heteroatoms.